The van der Waals surface area contributed by atoms with Crippen LogP contribution in [0.2, 0.25) is 0 Å². The highest BCUT2D eigenvalue weighted by Gasteiger charge is 2.01. The summed E-state index contributed by atoms with van der Waals surface area (Å²) in [6, 6.07) is 0. The van der Waals surface area contributed by atoms with Gasteiger partial charge in [0.25, 0.3) is 6.43 Å². The maximum Gasteiger partial charge on any atom is 0.261 e. The summed E-state index contributed by atoms with van der Waals surface area (Å²) in [5.41, 5.74) is 0. The van der Waals surface area contributed by atoms with Crippen LogP contribution in [0.3, 0.4) is 0 Å². The van der Waals surface area contributed by atoms with Crippen molar-refractivity contribution in [2.24, 2.45) is 7.05 Å². The smallest absolute Gasteiger partial charge is 0.261 e. The number of hydrogen-bond donors (Lipinski definition) is 1. The Morgan fingerprint density at radius 1 is 1.50 bits per heavy atom. The summed E-state index contributed by atoms with van der Waals surface area (Å²) < 4.78 is 30.0. The molecule has 0 atom stereocenters. The van der Waals surface area contributed by atoms with Crippen molar-refractivity contribution in [2.75, 3.05) is 26.3 Å². The first-order valence-electron chi connectivity index (χ1n) is 5.23. The summed E-state index contributed by atoms with van der Waals surface area (Å²) >= 11 is 0. The standard InChI is InChI=1S/C10H17F2N3O/c1-15-6-4-14-10(15)2-3-13-5-7-16-8-9(11)12/h4,6,9,13H,2-3,5,7-8H2,1H3. The summed E-state index contributed by atoms with van der Waals surface area (Å²) in [6.45, 7) is 1.17. The summed E-state index contributed by atoms with van der Waals surface area (Å²) in [6.07, 6.45) is 2.08. The van der Waals surface area contributed by atoms with E-state index < -0.39 is 13.0 Å². The van der Waals surface area contributed by atoms with E-state index in [1.165, 1.54) is 0 Å². The Kier molecular flexibility index (Phi) is 5.95. The maximum atomic E-state index is 11.7. The predicted octanol–water partition coefficient (Wildman–Crippen LogP) is 0.834. The lowest BCUT2D eigenvalue weighted by Gasteiger charge is -2.05. The molecule has 6 heteroatoms. The predicted molar refractivity (Wildman–Crippen MR) is 56.6 cm³/mol. The Morgan fingerprint density at radius 3 is 2.94 bits per heavy atom. The molecule has 1 aromatic rings. The van der Waals surface area contributed by atoms with Gasteiger partial charge < -0.3 is 14.6 Å². The van der Waals surface area contributed by atoms with E-state index in [2.05, 4.69) is 10.3 Å². The number of ether oxygens (including phenoxy) is 1. The Bertz CT molecular complexity index is 291. The molecule has 0 saturated heterocycles. The van der Waals surface area contributed by atoms with E-state index in [0.29, 0.717) is 13.2 Å². The highest BCUT2D eigenvalue weighted by Crippen LogP contribution is 1.94. The van der Waals surface area contributed by atoms with Crippen LogP contribution >= 0.6 is 0 Å². The van der Waals surface area contributed by atoms with Crippen LogP contribution in [0.25, 0.3) is 0 Å². The first kappa shape index (κ1) is 13.1. The van der Waals surface area contributed by atoms with E-state index in [0.717, 1.165) is 18.8 Å². The van der Waals surface area contributed by atoms with Gasteiger partial charge in [-0.3, -0.25) is 0 Å². The topological polar surface area (TPSA) is 39.1 Å². The fourth-order valence-electron chi connectivity index (χ4n) is 1.28. The van der Waals surface area contributed by atoms with Gasteiger partial charge in [-0.1, -0.05) is 0 Å². The lowest BCUT2D eigenvalue weighted by Crippen LogP contribution is -2.24. The molecule has 1 heterocycles. The maximum absolute atomic E-state index is 11.7. The second kappa shape index (κ2) is 7.29. The summed E-state index contributed by atoms with van der Waals surface area (Å²) in [5.74, 6) is 1.00. The Hall–Kier alpha value is -1.01. The minimum absolute atomic E-state index is 0.310. The molecule has 0 bridgehead atoms. The Morgan fingerprint density at radius 2 is 2.31 bits per heavy atom. The molecule has 4 nitrogen and oxygen atoms in total. The van der Waals surface area contributed by atoms with E-state index in [4.69, 9.17) is 4.74 Å². The van der Waals surface area contributed by atoms with Gasteiger partial charge in [-0.2, -0.15) is 0 Å². The van der Waals surface area contributed by atoms with Gasteiger partial charge in [0.1, 0.15) is 12.4 Å². The van der Waals surface area contributed by atoms with Gasteiger partial charge in [0, 0.05) is 39.0 Å². The van der Waals surface area contributed by atoms with Crippen LogP contribution in [-0.2, 0) is 18.2 Å². The summed E-state index contributed by atoms with van der Waals surface area (Å²) in [4.78, 5) is 4.17. The summed E-state index contributed by atoms with van der Waals surface area (Å²) in [7, 11) is 1.94. The molecule has 1 rings (SSSR count). The monoisotopic (exact) mass is 233 g/mol. The van der Waals surface area contributed by atoms with E-state index in [1.54, 1.807) is 6.20 Å². The first-order valence-corrected chi connectivity index (χ1v) is 5.23. The molecule has 92 valence electrons. The summed E-state index contributed by atoms with van der Waals surface area (Å²) in [5, 5.41) is 3.10. The van der Waals surface area contributed by atoms with E-state index in [1.807, 2.05) is 17.8 Å². The Labute approximate surface area is 93.6 Å². The molecule has 0 spiro atoms. The zero-order chi connectivity index (χ0) is 11.8. The van der Waals surface area contributed by atoms with Crippen molar-refractivity contribution in [3.63, 3.8) is 0 Å². The van der Waals surface area contributed by atoms with Crippen molar-refractivity contribution in [3.8, 4) is 0 Å². The number of imidazole rings is 1. The number of hydrogen-bond acceptors (Lipinski definition) is 3. The van der Waals surface area contributed by atoms with Gasteiger partial charge in [0.05, 0.1) is 6.61 Å². The number of aromatic nitrogens is 2. The van der Waals surface area contributed by atoms with E-state index in [9.17, 15) is 8.78 Å². The average molecular weight is 233 g/mol. The minimum Gasteiger partial charge on any atom is -0.374 e. The zero-order valence-corrected chi connectivity index (χ0v) is 9.33. The van der Waals surface area contributed by atoms with Crippen LogP contribution in [0, 0.1) is 0 Å². The van der Waals surface area contributed by atoms with Gasteiger partial charge >= 0.3 is 0 Å². The third-order valence-electron chi connectivity index (χ3n) is 2.11. The Balaban J connectivity index is 1.94. The molecule has 0 radical (unpaired) electrons. The first-order chi connectivity index (χ1) is 7.70. The van der Waals surface area contributed by atoms with Crippen molar-refractivity contribution >= 4 is 0 Å². The molecule has 0 aliphatic rings. The van der Waals surface area contributed by atoms with E-state index in [-0.39, 0.29) is 0 Å². The number of rotatable bonds is 8. The molecule has 16 heavy (non-hydrogen) atoms. The molecule has 0 amide bonds. The highest BCUT2D eigenvalue weighted by molar-refractivity contribution is 4.91. The van der Waals surface area contributed by atoms with Gasteiger partial charge in [0.2, 0.25) is 0 Å². The van der Waals surface area contributed by atoms with Crippen LogP contribution in [-0.4, -0.2) is 42.3 Å². The van der Waals surface area contributed by atoms with Crippen molar-refractivity contribution in [1.29, 1.82) is 0 Å². The number of alkyl halides is 2. The molecule has 0 aliphatic heterocycles. The van der Waals surface area contributed by atoms with Crippen molar-refractivity contribution in [3.05, 3.63) is 18.2 Å². The number of aryl methyl sites for hydroxylation is 1. The third kappa shape index (κ3) is 5.18. The van der Waals surface area contributed by atoms with Gasteiger partial charge in [-0.05, 0) is 0 Å². The molecule has 1 N–H and O–H groups in total. The second-order valence-corrected chi connectivity index (χ2v) is 3.42. The lowest BCUT2D eigenvalue weighted by atomic mass is 10.4. The largest absolute Gasteiger partial charge is 0.374 e. The molecule has 0 aromatic carbocycles. The fraction of sp³-hybridized carbons (Fsp3) is 0.700. The molecule has 1 aromatic heterocycles. The van der Waals surface area contributed by atoms with Crippen molar-refractivity contribution in [2.45, 2.75) is 12.8 Å². The number of nitrogens with zero attached hydrogens (tertiary/aromatic N) is 2. The van der Waals surface area contributed by atoms with Crippen LogP contribution in [0.5, 0.6) is 0 Å². The van der Waals surface area contributed by atoms with Crippen molar-refractivity contribution in [1.82, 2.24) is 14.9 Å². The van der Waals surface area contributed by atoms with Crippen LogP contribution < -0.4 is 5.32 Å². The average Bonchev–Trinajstić information content (AvgIpc) is 2.62. The van der Waals surface area contributed by atoms with Crippen LogP contribution in [0.15, 0.2) is 12.4 Å². The van der Waals surface area contributed by atoms with Gasteiger partial charge in [-0.15, -0.1) is 0 Å². The zero-order valence-electron chi connectivity index (χ0n) is 9.33. The van der Waals surface area contributed by atoms with Crippen molar-refractivity contribution < 1.29 is 13.5 Å². The van der Waals surface area contributed by atoms with Gasteiger partial charge in [0.15, 0.2) is 0 Å². The molecular formula is C10H17F2N3O. The molecule has 0 unspecified atom stereocenters. The molecule has 0 saturated carbocycles. The lowest BCUT2D eigenvalue weighted by molar-refractivity contribution is 0.0188. The quantitative estimate of drug-likeness (QED) is 0.676. The second-order valence-electron chi connectivity index (χ2n) is 3.42. The number of halogens is 2. The SMILES string of the molecule is Cn1ccnc1CCNCCOCC(F)F. The molecular weight excluding hydrogens is 216 g/mol. The minimum atomic E-state index is -2.38. The molecule has 0 aliphatic carbocycles. The van der Waals surface area contributed by atoms with Gasteiger partial charge in [-0.25, -0.2) is 13.8 Å². The van der Waals surface area contributed by atoms with E-state index >= 15 is 0 Å². The van der Waals surface area contributed by atoms with Crippen LogP contribution in [0.1, 0.15) is 5.82 Å². The van der Waals surface area contributed by atoms with Crippen LogP contribution in [0.4, 0.5) is 8.78 Å². The number of nitrogens with one attached hydrogen (secondary N) is 1. The normalized spacial score (nSPS) is 11.2. The molecule has 0 fully saturated rings. The highest BCUT2D eigenvalue weighted by atomic mass is 19.3. The fourth-order valence-corrected chi connectivity index (χ4v) is 1.28. The third-order valence-corrected chi connectivity index (χ3v) is 2.11.